The van der Waals surface area contributed by atoms with Crippen molar-refractivity contribution in [3.05, 3.63) is 0 Å². The second-order valence-electron chi connectivity index (χ2n) is 6.83. The first-order valence-electron chi connectivity index (χ1n) is 8.23. The Morgan fingerprint density at radius 1 is 0.895 bits per heavy atom. The Morgan fingerprint density at radius 2 is 1.53 bits per heavy atom. The summed E-state index contributed by atoms with van der Waals surface area (Å²) in [5, 5.41) is 0. The molecule has 0 bridgehead atoms. The second kappa shape index (κ2) is 5.82. The average molecular weight is 264 g/mol. The van der Waals surface area contributed by atoms with Gasteiger partial charge in [0, 0.05) is 32.6 Å². The summed E-state index contributed by atoms with van der Waals surface area (Å²) in [5.41, 5.74) is 0. The summed E-state index contributed by atoms with van der Waals surface area (Å²) >= 11 is 0. The molecule has 0 aromatic heterocycles. The Labute approximate surface area is 117 Å². The molecule has 2 saturated heterocycles. The zero-order valence-electron chi connectivity index (χ0n) is 12.3. The third kappa shape index (κ3) is 2.96. The van der Waals surface area contributed by atoms with Crippen molar-refractivity contribution in [2.24, 2.45) is 11.8 Å². The van der Waals surface area contributed by atoms with Crippen molar-refractivity contribution < 1.29 is 4.79 Å². The monoisotopic (exact) mass is 264 g/mol. The van der Waals surface area contributed by atoms with Crippen LogP contribution in [0.1, 0.15) is 51.9 Å². The summed E-state index contributed by atoms with van der Waals surface area (Å²) in [6.45, 7) is 6.38. The van der Waals surface area contributed by atoms with E-state index in [4.69, 9.17) is 0 Å². The Morgan fingerprint density at radius 3 is 2.16 bits per heavy atom. The van der Waals surface area contributed by atoms with Gasteiger partial charge >= 0.3 is 0 Å². The minimum Gasteiger partial charge on any atom is -0.343 e. The third-order valence-electron chi connectivity index (χ3n) is 5.75. The lowest BCUT2D eigenvalue weighted by Gasteiger charge is -2.34. The van der Waals surface area contributed by atoms with Crippen LogP contribution in [-0.4, -0.2) is 47.9 Å². The number of carbonyl (C=O) groups is 1. The molecule has 3 heteroatoms. The molecular formula is C16H28N2O. The fraction of sp³-hybridized carbons (Fsp3) is 0.938. The predicted octanol–water partition coefficient (Wildman–Crippen LogP) is 2.51. The number of rotatable bonds is 2. The summed E-state index contributed by atoms with van der Waals surface area (Å²) in [6, 6.07) is 0.905. The highest BCUT2D eigenvalue weighted by Gasteiger charge is 2.35. The van der Waals surface area contributed by atoms with Gasteiger partial charge in [0.2, 0.25) is 5.91 Å². The van der Waals surface area contributed by atoms with Gasteiger partial charge in [0.1, 0.15) is 0 Å². The van der Waals surface area contributed by atoms with Crippen LogP contribution >= 0.6 is 0 Å². The molecule has 2 aliphatic heterocycles. The van der Waals surface area contributed by atoms with Crippen LogP contribution in [0.5, 0.6) is 0 Å². The normalized spacial score (nSPS) is 31.2. The van der Waals surface area contributed by atoms with Crippen molar-refractivity contribution >= 4 is 5.91 Å². The zero-order valence-corrected chi connectivity index (χ0v) is 12.3. The van der Waals surface area contributed by atoms with Gasteiger partial charge in [0.05, 0.1) is 0 Å². The highest BCUT2D eigenvalue weighted by molar-refractivity contribution is 5.73. The van der Waals surface area contributed by atoms with E-state index in [1.807, 2.05) is 4.90 Å². The lowest BCUT2D eigenvalue weighted by molar-refractivity contribution is -0.130. The van der Waals surface area contributed by atoms with Crippen LogP contribution in [0.25, 0.3) is 0 Å². The topological polar surface area (TPSA) is 23.6 Å². The van der Waals surface area contributed by atoms with E-state index in [9.17, 15) is 4.79 Å². The highest BCUT2D eigenvalue weighted by atomic mass is 16.2. The molecule has 19 heavy (non-hydrogen) atoms. The van der Waals surface area contributed by atoms with Crippen LogP contribution in [0.3, 0.4) is 0 Å². The molecule has 1 aliphatic carbocycles. The van der Waals surface area contributed by atoms with Crippen LogP contribution in [0.4, 0.5) is 0 Å². The van der Waals surface area contributed by atoms with E-state index in [-0.39, 0.29) is 5.91 Å². The standard InChI is InChI=1S/C16H28N2O/c1-13(19)17-9-6-14(7-10-17)15-8-11-18(12-15)16-4-2-3-5-16/h14-16H,2-12H2,1H3. The molecule has 108 valence electrons. The lowest BCUT2D eigenvalue weighted by Crippen LogP contribution is -2.39. The van der Waals surface area contributed by atoms with Crippen LogP contribution in [0.15, 0.2) is 0 Å². The molecular weight excluding hydrogens is 236 g/mol. The van der Waals surface area contributed by atoms with E-state index in [0.29, 0.717) is 0 Å². The van der Waals surface area contributed by atoms with Crippen molar-refractivity contribution in [3.8, 4) is 0 Å². The lowest BCUT2D eigenvalue weighted by atomic mass is 9.84. The number of piperidine rings is 1. The van der Waals surface area contributed by atoms with Crippen molar-refractivity contribution in [2.45, 2.75) is 57.9 Å². The molecule has 1 unspecified atom stereocenters. The Hall–Kier alpha value is -0.570. The Balaban J connectivity index is 1.47. The molecule has 0 spiro atoms. The van der Waals surface area contributed by atoms with Gasteiger partial charge < -0.3 is 9.80 Å². The van der Waals surface area contributed by atoms with E-state index in [1.165, 1.54) is 58.0 Å². The molecule has 2 heterocycles. The van der Waals surface area contributed by atoms with Gasteiger partial charge in [0.15, 0.2) is 0 Å². The number of hydrogen-bond acceptors (Lipinski definition) is 2. The van der Waals surface area contributed by atoms with Crippen molar-refractivity contribution in [1.29, 1.82) is 0 Å². The molecule has 0 radical (unpaired) electrons. The molecule has 1 saturated carbocycles. The first-order chi connectivity index (χ1) is 9.24. The Bertz CT molecular complexity index is 317. The molecule has 3 aliphatic rings. The Kier molecular flexibility index (Phi) is 4.11. The quantitative estimate of drug-likeness (QED) is 0.765. The van der Waals surface area contributed by atoms with Crippen molar-refractivity contribution in [2.75, 3.05) is 26.2 Å². The maximum atomic E-state index is 11.4. The first kappa shape index (κ1) is 13.4. The number of hydrogen-bond donors (Lipinski definition) is 0. The molecule has 1 amide bonds. The third-order valence-corrected chi connectivity index (χ3v) is 5.75. The molecule has 3 nitrogen and oxygen atoms in total. The van der Waals surface area contributed by atoms with Gasteiger partial charge in [-0.3, -0.25) is 4.79 Å². The number of amides is 1. The fourth-order valence-electron chi connectivity index (χ4n) is 4.49. The van der Waals surface area contributed by atoms with E-state index in [0.717, 1.165) is 31.0 Å². The largest absolute Gasteiger partial charge is 0.343 e. The van der Waals surface area contributed by atoms with Gasteiger partial charge in [0.25, 0.3) is 0 Å². The van der Waals surface area contributed by atoms with Gasteiger partial charge in [-0.1, -0.05) is 12.8 Å². The second-order valence-corrected chi connectivity index (χ2v) is 6.83. The van der Waals surface area contributed by atoms with Crippen LogP contribution < -0.4 is 0 Å². The molecule has 3 fully saturated rings. The van der Waals surface area contributed by atoms with Gasteiger partial charge in [-0.15, -0.1) is 0 Å². The smallest absolute Gasteiger partial charge is 0.219 e. The summed E-state index contributed by atoms with van der Waals surface area (Å²) in [6.07, 6.45) is 9.66. The SMILES string of the molecule is CC(=O)N1CCC(C2CCN(C3CCCC3)C2)CC1. The van der Waals surface area contributed by atoms with E-state index >= 15 is 0 Å². The minimum atomic E-state index is 0.262. The number of carbonyl (C=O) groups excluding carboxylic acids is 1. The first-order valence-corrected chi connectivity index (χ1v) is 8.23. The highest BCUT2D eigenvalue weighted by Crippen LogP contribution is 2.35. The molecule has 1 atom stereocenters. The van der Waals surface area contributed by atoms with Gasteiger partial charge in [-0.2, -0.15) is 0 Å². The molecule has 0 aromatic rings. The van der Waals surface area contributed by atoms with Gasteiger partial charge in [-0.25, -0.2) is 0 Å². The number of nitrogens with zero attached hydrogens (tertiary/aromatic N) is 2. The molecule has 0 N–H and O–H groups in total. The predicted molar refractivity (Wildman–Crippen MR) is 76.9 cm³/mol. The number of likely N-dealkylation sites (tertiary alicyclic amines) is 2. The fourth-order valence-corrected chi connectivity index (χ4v) is 4.49. The zero-order chi connectivity index (χ0) is 13.2. The van der Waals surface area contributed by atoms with E-state index < -0.39 is 0 Å². The minimum absolute atomic E-state index is 0.262. The van der Waals surface area contributed by atoms with Crippen LogP contribution in [0, 0.1) is 11.8 Å². The van der Waals surface area contributed by atoms with Crippen molar-refractivity contribution in [1.82, 2.24) is 9.80 Å². The summed E-state index contributed by atoms with van der Waals surface area (Å²) in [4.78, 5) is 16.2. The summed E-state index contributed by atoms with van der Waals surface area (Å²) < 4.78 is 0. The molecule has 3 rings (SSSR count). The van der Waals surface area contributed by atoms with E-state index in [2.05, 4.69) is 4.90 Å². The summed E-state index contributed by atoms with van der Waals surface area (Å²) in [5.74, 6) is 2.05. The average Bonchev–Trinajstić information content (AvgIpc) is 3.10. The summed E-state index contributed by atoms with van der Waals surface area (Å²) in [7, 11) is 0. The maximum absolute atomic E-state index is 11.4. The van der Waals surface area contributed by atoms with Crippen LogP contribution in [0.2, 0.25) is 0 Å². The maximum Gasteiger partial charge on any atom is 0.219 e. The van der Waals surface area contributed by atoms with E-state index in [1.54, 1.807) is 6.92 Å². The van der Waals surface area contributed by atoms with Crippen LogP contribution in [-0.2, 0) is 4.79 Å². The van der Waals surface area contributed by atoms with Crippen molar-refractivity contribution in [3.63, 3.8) is 0 Å². The molecule has 0 aromatic carbocycles. The van der Waals surface area contributed by atoms with Gasteiger partial charge in [-0.05, 0) is 50.5 Å².